The first-order chi connectivity index (χ1) is 13.9. The van der Waals surface area contributed by atoms with Gasteiger partial charge in [0.05, 0.1) is 6.42 Å². The summed E-state index contributed by atoms with van der Waals surface area (Å²) < 4.78 is 15.2. The fourth-order valence-corrected chi connectivity index (χ4v) is 4.41. The third-order valence-electron chi connectivity index (χ3n) is 4.14. The van der Waals surface area contributed by atoms with Crippen molar-refractivity contribution in [3.05, 3.63) is 48.0 Å². The summed E-state index contributed by atoms with van der Waals surface area (Å²) in [7, 11) is 3.66. The van der Waals surface area contributed by atoms with Crippen molar-refractivity contribution >= 4 is 73.3 Å². The Labute approximate surface area is 195 Å². The number of ether oxygens (including phenoxy) is 1. The molecular weight excluding hydrogens is 498 g/mol. The van der Waals surface area contributed by atoms with E-state index in [4.69, 9.17) is 50.2 Å². The van der Waals surface area contributed by atoms with Gasteiger partial charge in [-0.3, -0.25) is 9.59 Å². The first-order valence-corrected chi connectivity index (χ1v) is 11.7. The number of nitrogens with zero attached hydrogens (tertiary/aromatic N) is 1. The molecule has 4 unspecified atom stereocenters. The highest BCUT2D eigenvalue weighted by atomic mass is 35.7. The Hall–Kier alpha value is -1.32. The van der Waals surface area contributed by atoms with E-state index in [-0.39, 0.29) is 12.0 Å². The normalized spacial score (nSPS) is 20.7. The van der Waals surface area contributed by atoms with Gasteiger partial charge in [-0.1, -0.05) is 71.7 Å². The van der Waals surface area contributed by atoms with Crippen LogP contribution in [0.3, 0.4) is 0 Å². The second-order valence-corrected chi connectivity index (χ2v) is 11.0. The summed E-state index contributed by atoms with van der Waals surface area (Å²) in [6.45, 7) is 4.59. The van der Waals surface area contributed by atoms with Crippen LogP contribution in [0.4, 0.5) is 0 Å². The van der Waals surface area contributed by atoms with Crippen molar-refractivity contribution in [2.24, 2.45) is 0 Å². The number of amides is 2. The Morgan fingerprint density at radius 3 is 2.40 bits per heavy atom. The SMILES string of the molecule is C=C(C)C(C(=O)OCC(Cl)(Cl)Cl)N1C(=O)C(NC(=O)Cc2ccccc2)C1S(=O)Cl. The fourth-order valence-electron chi connectivity index (χ4n) is 2.88. The molecule has 0 spiro atoms. The number of halogens is 4. The summed E-state index contributed by atoms with van der Waals surface area (Å²) in [6, 6.07) is 6.39. The topological polar surface area (TPSA) is 92.8 Å². The van der Waals surface area contributed by atoms with Crippen LogP contribution in [0.5, 0.6) is 0 Å². The van der Waals surface area contributed by atoms with Gasteiger partial charge >= 0.3 is 5.97 Å². The number of hydrogen-bond acceptors (Lipinski definition) is 5. The largest absolute Gasteiger partial charge is 0.459 e. The minimum absolute atomic E-state index is 0.0153. The van der Waals surface area contributed by atoms with E-state index in [0.717, 1.165) is 10.5 Å². The molecule has 1 saturated heterocycles. The molecule has 1 heterocycles. The Bertz CT molecular complexity index is 862. The Balaban J connectivity index is 2.13. The molecule has 0 aromatic heterocycles. The lowest BCUT2D eigenvalue weighted by molar-refractivity contribution is -0.163. The standard InChI is InChI=1S/C18H18Cl4N2O5S/c1-10(2)14(17(27)29-9-18(19,20)21)24-15(26)13(16(24)30(22)28)23-12(25)8-11-6-4-3-5-7-11/h3-7,13-14,16H,1,8-9H2,2H3,(H,23,25). The van der Waals surface area contributed by atoms with Crippen LogP contribution in [0.15, 0.2) is 42.5 Å². The van der Waals surface area contributed by atoms with Gasteiger partial charge in [0, 0.05) is 0 Å². The fraction of sp³-hybridized carbons (Fsp3) is 0.389. The Kier molecular flexibility index (Phi) is 8.59. The molecule has 7 nitrogen and oxygen atoms in total. The van der Waals surface area contributed by atoms with Crippen LogP contribution in [0.25, 0.3) is 0 Å². The molecule has 1 aliphatic rings. The predicted molar refractivity (Wildman–Crippen MR) is 117 cm³/mol. The van der Waals surface area contributed by atoms with E-state index in [1.165, 1.54) is 6.92 Å². The molecule has 2 amide bonds. The third kappa shape index (κ3) is 6.34. The van der Waals surface area contributed by atoms with E-state index in [0.29, 0.717) is 0 Å². The number of β-lactam (4-membered cyclic amide) rings is 1. The van der Waals surface area contributed by atoms with E-state index < -0.39 is 55.7 Å². The number of carbonyl (C=O) groups excluding carboxylic acids is 3. The first kappa shape index (κ1) is 24.9. The zero-order chi connectivity index (χ0) is 22.6. The highest BCUT2D eigenvalue weighted by Crippen LogP contribution is 2.32. The summed E-state index contributed by atoms with van der Waals surface area (Å²) in [5.41, 5.74) is 0.955. The Morgan fingerprint density at radius 2 is 1.90 bits per heavy atom. The van der Waals surface area contributed by atoms with Crippen molar-refractivity contribution < 1.29 is 23.3 Å². The molecule has 1 N–H and O–H groups in total. The van der Waals surface area contributed by atoms with Crippen molar-refractivity contribution in [3.63, 3.8) is 0 Å². The van der Waals surface area contributed by atoms with Crippen molar-refractivity contribution in [1.29, 1.82) is 0 Å². The number of likely N-dealkylation sites (tertiary alicyclic amines) is 1. The molecule has 1 aromatic rings. The van der Waals surface area contributed by atoms with Crippen LogP contribution in [0.2, 0.25) is 0 Å². The van der Waals surface area contributed by atoms with Crippen LogP contribution < -0.4 is 5.32 Å². The molecule has 4 atom stereocenters. The molecule has 0 aliphatic carbocycles. The minimum Gasteiger partial charge on any atom is -0.459 e. The molecule has 0 radical (unpaired) electrons. The van der Waals surface area contributed by atoms with Crippen LogP contribution in [0, 0.1) is 0 Å². The van der Waals surface area contributed by atoms with Gasteiger partial charge in [-0.05, 0) is 28.7 Å². The third-order valence-corrected chi connectivity index (χ3v) is 5.89. The van der Waals surface area contributed by atoms with Gasteiger partial charge < -0.3 is 15.0 Å². The summed E-state index contributed by atoms with van der Waals surface area (Å²) >= 11 is 16.7. The van der Waals surface area contributed by atoms with Crippen molar-refractivity contribution in [1.82, 2.24) is 10.2 Å². The van der Waals surface area contributed by atoms with Crippen LogP contribution in [0.1, 0.15) is 12.5 Å². The quantitative estimate of drug-likeness (QED) is 0.189. The highest BCUT2D eigenvalue weighted by molar-refractivity contribution is 8.08. The maximum atomic E-state index is 12.7. The van der Waals surface area contributed by atoms with E-state index in [2.05, 4.69) is 11.9 Å². The number of alkyl halides is 3. The monoisotopic (exact) mass is 514 g/mol. The van der Waals surface area contributed by atoms with Gasteiger partial charge in [0.25, 0.3) is 0 Å². The van der Waals surface area contributed by atoms with E-state index >= 15 is 0 Å². The zero-order valence-electron chi connectivity index (χ0n) is 15.6. The van der Waals surface area contributed by atoms with Gasteiger partial charge in [0.2, 0.25) is 15.6 Å². The lowest BCUT2D eigenvalue weighted by atomic mass is 9.99. The molecule has 30 heavy (non-hydrogen) atoms. The number of esters is 1. The van der Waals surface area contributed by atoms with Crippen molar-refractivity contribution in [2.45, 2.75) is 34.6 Å². The summed E-state index contributed by atoms with van der Waals surface area (Å²) in [6.07, 6.45) is 0.0153. The van der Waals surface area contributed by atoms with Crippen molar-refractivity contribution in [2.75, 3.05) is 6.61 Å². The summed E-state index contributed by atoms with van der Waals surface area (Å²) in [5, 5.41) is 1.35. The maximum absolute atomic E-state index is 12.7. The van der Waals surface area contributed by atoms with Gasteiger partial charge in [-0.2, -0.15) is 0 Å². The average molecular weight is 516 g/mol. The molecule has 12 heteroatoms. The van der Waals surface area contributed by atoms with E-state index in [9.17, 15) is 18.6 Å². The smallest absolute Gasteiger partial charge is 0.333 e. The second kappa shape index (κ2) is 10.3. The van der Waals surface area contributed by atoms with E-state index in [1.807, 2.05) is 0 Å². The molecule has 1 aromatic carbocycles. The van der Waals surface area contributed by atoms with Crippen LogP contribution in [-0.4, -0.2) is 54.7 Å². The van der Waals surface area contributed by atoms with Gasteiger partial charge in [0.1, 0.15) is 22.7 Å². The second-order valence-electron chi connectivity index (χ2n) is 6.56. The maximum Gasteiger partial charge on any atom is 0.333 e. The lowest BCUT2D eigenvalue weighted by Crippen LogP contribution is -2.75. The van der Waals surface area contributed by atoms with Crippen molar-refractivity contribution in [3.8, 4) is 0 Å². The molecular formula is C18H18Cl4N2O5S. The van der Waals surface area contributed by atoms with Gasteiger partial charge in [-0.25, -0.2) is 9.00 Å². The number of rotatable bonds is 8. The number of hydrogen-bond donors (Lipinski definition) is 1. The van der Waals surface area contributed by atoms with E-state index in [1.54, 1.807) is 30.3 Å². The molecule has 0 bridgehead atoms. The lowest BCUT2D eigenvalue weighted by Gasteiger charge is -2.48. The highest BCUT2D eigenvalue weighted by Gasteiger charge is 2.56. The van der Waals surface area contributed by atoms with Crippen LogP contribution in [-0.2, 0) is 35.6 Å². The Morgan fingerprint density at radius 1 is 1.30 bits per heavy atom. The van der Waals surface area contributed by atoms with Crippen LogP contribution >= 0.6 is 45.5 Å². The zero-order valence-corrected chi connectivity index (χ0v) is 19.5. The molecule has 164 valence electrons. The van der Waals surface area contributed by atoms with Gasteiger partial charge in [-0.15, -0.1) is 0 Å². The molecule has 0 saturated carbocycles. The average Bonchev–Trinajstić information content (AvgIpc) is 2.64. The predicted octanol–water partition coefficient (Wildman–Crippen LogP) is 2.64. The summed E-state index contributed by atoms with van der Waals surface area (Å²) in [4.78, 5) is 38.4. The molecule has 1 aliphatic heterocycles. The molecule has 2 rings (SSSR count). The first-order valence-electron chi connectivity index (χ1n) is 8.53. The summed E-state index contributed by atoms with van der Waals surface area (Å²) in [5.74, 6) is -2.05. The molecule has 1 fully saturated rings. The minimum atomic E-state index is -2.11. The number of carbonyl (C=O) groups is 3. The number of nitrogens with one attached hydrogen (secondary N) is 1. The van der Waals surface area contributed by atoms with Gasteiger partial charge in [0.15, 0.2) is 11.4 Å². The number of benzene rings is 1.